The molecule has 27 heavy (non-hydrogen) atoms. The van der Waals surface area contributed by atoms with Gasteiger partial charge in [-0.2, -0.15) is 13.2 Å². The highest BCUT2D eigenvalue weighted by Crippen LogP contribution is 2.42. The Labute approximate surface area is 157 Å². The molecular formula is C18H14F3N3O2S. The summed E-state index contributed by atoms with van der Waals surface area (Å²) in [5, 5.41) is -0.0344. The summed E-state index contributed by atoms with van der Waals surface area (Å²) in [6, 6.07) is 9.81. The number of benzene rings is 1. The number of aromatic nitrogens is 2. The van der Waals surface area contributed by atoms with Gasteiger partial charge in [0.2, 0.25) is 5.13 Å². The molecule has 0 aliphatic carbocycles. The molecule has 0 atom stereocenters. The van der Waals surface area contributed by atoms with Crippen LogP contribution < -0.4 is 9.47 Å². The van der Waals surface area contributed by atoms with E-state index >= 15 is 0 Å². The zero-order chi connectivity index (χ0) is 19.4. The molecule has 0 radical (unpaired) electrons. The number of aliphatic imine (C=N–C) groups is 1. The number of pyridine rings is 1. The van der Waals surface area contributed by atoms with Gasteiger partial charge in [-0.15, -0.1) is 0 Å². The maximum Gasteiger partial charge on any atom is 0.434 e. The summed E-state index contributed by atoms with van der Waals surface area (Å²) in [5.74, 6) is 1.08. The summed E-state index contributed by atoms with van der Waals surface area (Å²) in [5.41, 5.74) is -0.251. The molecule has 2 heterocycles. The molecule has 0 aliphatic heterocycles. The van der Waals surface area contributed by atoms with Crippen LogP contribution in [0.15, 0.2) is 47.6 Å². The summed E-state index contributed by atoms with van der Waals surface area (Å²) < 4.78 is 50.4. The summed E-state index contributed by atoms with van der Waals surface area (Å²) in [7, 11) is 3.00. The van der Waals surface area contributed by atoms with Crippen LogP contribution in [0.25, 0.3) is 10.6 Å². The van der Waals surface area contributed by atoms with Crippen LogP contribution in [0.3, 0.4) is 0 Å². The Morgan fingerprint density at radius 3 is 2.56 bits per heavy atom. The quantitative estimate of drug-likeness (QED) is 0.573. The first-order valence-electron chi connectivity index (χ1n) is 7.68. The van der Waals surface area contributed by atoms with Gasteiger partial charge in [-0.05, 0) is 30.3 Å². The smallest absolute Gasteiger partial charge is 0.434 e. The lowest BCUT2D eigenvalue weighted by atomic mass is 10.2. The molecular weight excluding hydrogens is 379 g/mol. The van der Waals surface area contributed by atoms with Crippen molar-refractivity contribution in [3.05, 3.63) is 53.9 Å². The Balaban J connectivity index is 2.01. The van der Waals surface area contributed by atoms with Gasteiger partial charge in [0.1, 0.15) is 11.5 Å². The molecule has 0 saturated carbocycles. The number of ether oxygens (including phenoxy) is 2. The standard InChI is InChI=1S/C18H14F3N3O2S/c1-25-12-6-7-14(26-2)11(9-12)10-23-17-24-16(18(19,20)21)15(27-17)13-5-3-4-8-22-13/h3-10H,1-2H3/b23-10+. The minimum atomic E-state index is -4.61. The second kappa shape index (κ2) is 7.75. The van der Waals surface area contributed by atoms with Crippen molar-refractivity contribution >= 4 is 22.7 Å². The maximum atomic E-state index is 13.4. The SMILES string of the molecule is COc1ccc(OC)c(/C=N/c2nc(C(F)(F)F)c(-c3ccccn3)s2)c1. The lowest BCUT2D eigenvalue weighted by molar-refractivity contribution is -0.140. The number of hydrogen-bond donors (Lipinski definition) is 0. The Morgan fingerprint density at radius 1 is 1.11 bits per heavy atom. The molecule has 3 rings (SSSR count). The molecule has 0 saturated heterocycles. The van der Waals surface area contributed by atoms with E-state index in [2.05, 4.69) is 15.0 Å². The topological polar surface area (TPSA) is 56.6 Å². The number of nitrogens with zero attached hydrogens (tertiary/aromatic N) is 3. The first-order valence-corrected chi connectivity index (χ1v) is 8.49. The van der Waals surface area contributed by atoms with Crippen molar-refractivity contribution in [2.75, 3.05) is 14.2 Å². The fourth-order valence-corrected chi connectivity index (χ4v) is 3.20. The van der Waals surface area contributed by atoms with E-state index in [4.69, 9.17) is 9.47 Å². The summed E-state index contributed by atoms with van der Waals surface area (Å²) in [4.78, 5) is 11.7. The van der Waals surface area contributed by atoms with Gasteiger partial charge in [0.25, 0.3) is 0 Å². The van der Waals surface area contributed by atoms with Gasteiger partial charge in [0, 0.05) is 18.0 Å². The first kappa shape index (κ1) is 18.8. The molecule has 0 N–H and O–H groups in total. The monoisotopic (exact) mass is 393 g/mol. The van der Waals surface area contributed by atoms with Crippen molar-refractivity contribution in [1.29, 1.82) is 0 Å². The van der Waals surface area contributed by atoms with Crippen LogP contribution in [-0.2, 0) is 6.18 Å². The van der Waals surface area contributed by atoms with Gasteiger partial charge in [-0.3, -0.25) is 4.98 Å². The van der Waals surface area contributed by atoms with E-state index in [0.29, 0.717) is 17.1 Å². The molecule has 2 aromatic heterocycles. The van der Waals surface area contributed by atoms with E-state index in [-0.39, 0.29) is 15.7 Å². The Hall–Kier alpha value is -2.94. The van der Waals surface area contributed by atoms with Gasteiger partial charge in [0.15, 0.2) is 5.69 Å². The van der Waals surface area contributed by atoms with Crippen LogP contribution in [0.4, 0.5) is 18.3 Å². The number of thiazole rings is 1. The van der Waals surface area contributed by atoms with E-state index in [1.807, 2.05) is 0 Å². The third-order valence-corrected chi connectivity index (χ3v) is 4.52. The Kier molecular flexibility index (Phi) is 5.41. The van der Waals surface area contributed by atoms with Gasteiger partial charge in [-0.25, -0.2) is 9.98 Å². The molecule has 0 amide bonds. The molecule has 0 spiro atoms. The first-order chi connectivity index (χ1) is 12.9. The van der Waals surface area contributed by atoms with Gasteiger partial charge >= 0.3 is 6.18 Å². The predicted octanol–water partition coefficient (Wildman–Crippen LogP) is 4.99. The van der Waals surface area contributed by atoms with E-state index in [9.17, 15) is 13.2 Å². The lowest BCUT2D eigenvalue weighted by Crippen LogP contribution is -2.07. The second-order valence-corrected chi connectivity index (χ2v) is 6.23. The highest BCUT2D eigenvalue weighted by molar-refractivity contribution is 7.18. The molecule has 140 valence electrons. The van der Waals surface area contributed by atoms with Crippen molar-refractivity contribution in [3.63, 3.8) is 0 Å². The number of methoxy groups -OCH3 is 2. The highest BCUT2D eigenvalue weighted by atomic mass is 32.1. The number of alkyl halides is 3. The Bertz CT molecular complexity index is 956. The molecule has 1 aromatic carbocycles. The van der Waals surface area contributed by atoms with Crippen molar-refractivity contribution in [3.8, 4) is 22.1 Å². The zero-order valence-corrected chi connectivity index (χ0v) is 15.1. The van der Waals surface area contributed by atoms with E-state index in [1.165, 1.54) is 32.7 Å². The van der Waals surface area contributed by atoms with Crippen LogP contribution >= 0.6 is 11.3 Å². The van der Waals surface area contributed by atoms with Crippen molar-refractivity contribution < 1.29 is 22.6 Å². The second-order valence-electron chi connectivity index (χ2n) is 5.25. The average molecular weight is 393 g/mol. The third-order valence-electron chi connectivity index (χ3n) is 3.53. The zero-order valence-electron chi connectivity index (χ0n) is 14.3. The van der Waals surface area contributed by atoms with E-state index in [1.54, 1.807) is 30.3 Å². The van der Waals surface area contributed by atoms with Crippen molar-refractivity contribution in [2.24, 2.45) is 4.99 Å². The van der Waals surface area contributed by atoms with Crippen molar-refractivity contribution in [2.45, 2.75) is 6.18 Å². The normalized spacial score (nSPS) is 11.7. The predicted molar refractivity (Wildman–Crippen MR) is 97.1 cm³/mol. The molecule has 9 heteroatoms. The highest BCUT2D eigenvalue weighted by Gasteiger charge is 2.38. The van der Waals surface area contributed by atoms with E-state index in [0.717, 1.165) is 11.3 Å². The summed E-state index contributed by atoms with van der Waals surface area (Å²) in [6.07, 6.45) is -1.79. The molecule has 5 nitrogen and oxygen atoms in total. The van der Waals surface area contributed by atoms with E-state index < -0.39 is 11.9 Å². The summed E-state index contributed by atoms with van der Waals surface area (Å²) >= 11 is 0.819. The van der Waals surface area contributed by atoms with Crippen LogP contribution in [0.2, 0.25) is 0 Å². The minimum Gasteiger partial charge on any atom is -0.497 e. The number of rotatable bonds is 5. The molecule has 0 aliphatic rings. The maximum absolute atomic E-state index is 13.4. The minimum absolute atomic E-state index is 0.0344. The van der Waals surface area contributed by atoms with Crippen molar-refractivity contribution in [1.82, 2.24) is 9.97 Å². The summed E-state index contributed by atoms with van der Waals surface area (Å²) in [6.45, 7) is 0. The average Bonchev–Trinajstić information content (AvgIpc) is 3.11. The van der Waals surface area contributed by atoms with Crippen LogP contribution in [0.1, 0.15) is 11.3 Å². The van der Waals surface area contributed by atoms with Crippen LogP contribution in [0.5, 0.6) is 11.5 Å². The molecule has 0 unspecified atom stereocenters. The fraction of sp³-hybridized carbons (Fsp3) is 0.167. The lowest BCUT2D eigenvalue weighted by Gasteiger charge is -2.06. The number of hydrogen-bond acceptors (Lipinski definition) is 6. The van der Waals surface area contributed by atoms with Gasteiger partial charge in [-0.1, -0.05) is 17.4 Å². The fourth-order valence-electron chi connectivity index (χ4n) is 2.29. The molecule has 0 fully saturated rings. The number of halogens is 3. The third kappa shape index (κ3) is 4.25. The van der Waals surface area contributed by atoms with Gasteiger partial charge < -0.3 is 9.47 Å². The van der Waals surface area contributed by atoms with Crippen LogP contribution in [0, 0.1) is 0 Å². The largest absolute Gasteiger partial charge is 0.497 e. The van der Waals surface area contributed by atoms with Gasteiger partial charge in [0.05, 0.1) is 24.8 Å². The molecule has 3 aromatic rings. The van der Waals surface area contributed by atoms with Crippen LogP contribution in [-0.4, -0.2) is 30.4 Å². The Morgan fingerprint density at radius 2 is 1.93 bits per heavy atom. The molecule has 0 bridgehead atoms.